The van der Waals surface area contributed by atoms with Crippen LogP contribution >= 0.6 is 0 Å². The third kappa shape index (κ3) is 19.5. The summed E-state index contributed by atoms with van der Waals surface area (Å²) in [5.74, 6) is -2.27. The fraction of sp³-hybridized carbons (Fsp3) is 0.500. The predicted molar refractivity (Wildman–Crippen MR) is 221 cm³/mol. The second kappa shape index (κ2) is 22.3. The normalized spacial score (nSPS) is 12.0. The molecule has 322 valence electrons. The van der Waals surface area contributed by atoms with E-state index in [-0.39, 0.29) is 65.5 Å². The number of hydrogen-bond donors (Lipinski definition) is 1. The molecule has 0 aliphatic heterocycles. The molecule has 0 heterocycles. The van der Waals surface area contributed by atoms with E-state index in [1.165, 1.54) is 0 Å². The third-order valence-electron chi connectivity index (χ3n) is 7.94. The molecule has 0 fully saturated rings. The van der Waals surface area contributed by atoms with Crippen LogP contribution in [0.5, 0.6) is 0 Å². The Hall–Kier alpha value is -5.11. The van der Waals surface area contributed by atoms with E-state index >= 15 is 0 Å². The van der Waals surface area contributed by atoms with Gasteiger partial charge in [0.05, 0.1) is 64.5 Å². The molecule has 59 heavy (non-hydrogen) atoms. The number of ether oxygens (including phenoxy) is 7. The summed E-state index contributed by atoms with van der Waals surface area (Å²) in [5.41, 5.74) is -0.115. The van der Waals surface area contributed by atoms with Crippen LogP contribution in [0.4, 0.5) is 0 Å². The topological polar surface area (TPSA) is 162 Å². The zero-order valence-corrected chi connectivity index (χ0v) is 36.0. The van der Waals surface area contributed by atoms with Gasteiger partial charge >= 0.3 is 23.9 Å². The van der Waals surface area contributed by atoms with Crippen molar-refractivity contribution in [3.05, 3.63) is 95.6 Å². The van der Waals surface area contributed by atoms with Crippen LogP contribution in [0.25, 0.3) is 11.1 Å². The standard InChI is InChI=1S/C46H61NO12/c1-43(2,3)57-38(48)23-26-53-30-46(31-54-27-24-39(49)58-44(4,5)6,32-55-28-25-40(50)59-45(7,8)9)47-41(51)36-19-15-34(16-20-36)35-17-21-37(22-18-35)42(52)56-29-33-13-11-10-12-14-33/h10-22H,23-32H2,1-9H3,(H,47,51). The highest BCUT2D eigenvalue weighted by molar-refractivity contribution is 5.95. The highest BCUT2D eigenvalue weighted by atomic mass is 16.6. The Balaban J connectivity index is 1.77. The van der Waals surface area contributed by atoms with Crippen LogP contribution in [-0.2, 0) is 54.1 Å². The average Bonchev–Trinajstić information content (AvgIpc) is 3.14. The first-order valence-electron chi connectivity index (χ1n) is 19.7. The minimum Gasteiger partial charge on any atom is -0.460 e. The summed E-state index contributed by atoms with van der Waals surface area (Å²) in [6, 6.07) is 23.3. The predicted octanol–water partition coefficient (Wildman–Crippen LogP) is 7.42. The molecule has 13 nitrogen and oxygen atoms in total. The molecule has 0 aromatic heterocycles. The van der Waals surface area contributed by atoms with Gasteiger partial charge in [0.1, 0.15) is 28.9 Å². The van der Waals surface area contributed by atoms with Crippen molar-refractivity contribution in [2.45, 2.75) is 111 Å². The van der Waals surface area contributed by atoms with Crippen LogP contribution in [0, 0.1) is 0 Å². The molecule has 0 saturated heterocycles. The molecule has 0 bridgehead atoms. The summed E-state index contributed by atoms with van der Waals surface area (Å²) in [6.45, 7) is 15.5. The SMILES string of the molecule is CC(C)(C)OC(=O)CCOCC(COCCC(=O)OC(C)(C)C)(COCCC(=O)OC(C)(C)C)NC(=O)c1ccc(-c2ccc(C(=O)OCc3ccccc3)cc2)cc1. The second-order valence-corrected chi connectivity index (χ2v) is 17.1. The van der Waals surface area contributed by atoms with E-state index in [4.69, 9.17) is 33.2 Å². The van der Waals surface area contributed by atoms with E-state index in [0.29, 0.717) is 11.1 Å². The minimum absolute atomic E-state index is 0.0272. The Labute approximate surface area is 348 Å². The lowest BCUT2D eigenvalue weighted by Gasteiger charge is -2.34. The Kier molecular flexibility index (Phi) is 18.3. The molecule has 3 aromatic rings. The lowest BCUT2D eigenvalue weighted by molar-refractivity contribution is -0.157. The van der Waals surface area contributed by atoms with Gasteiger partial charge in [-0.2, -0.15) is 0 Å². The van der Waals surface area contributed by atoms with Gasteiger partial charge in [-0.25, -0.2) is 4.79 Å². The van der Waals surface area contributed by atoms with Crippen molar-refractivity contribution < 1.29 is 57.1 Å². The first-order valence-corrected chi connectivity index (χ1v) is 19.7. The van der Waals surface area contributed by atoms with E-state index in [0.717, 1.165) is 16.7 Å². The zero-order valence-electron chi connectivity index (χ0n) is 36.0. The Morgan fingerprint density at radius 3 is 1.24 bits per heavy atom. The number of esters is 4. The molecule has 1 amide bonds. The number of nitrogens with one attached hydrogen (secondary N) is 1. The highest BCUT2D eigenvalue weighted by Gasteiger charge is 2.35. The largest absolute Gasteiger partial charge is 0.460 e. The van der Waals surface area contributed by atoms with E-state index < -0.39 is 52.1 Å². The average molecular weight is 820 g/mol. The minimum atomic E-state index is -1.34. The summed E-state index contributed by atoms with van der Waals surface area (Å²) >= 11 is 0. The molecular weight excluding hydrogens is 759 g/mol. The fourth-order valence-electron chi connectivity index (χ4n) is 5.41. The number of benzene rings is 3. The molecule has 0 aliphatic rings. The molecule has 0 aliphatic carbocycles. The van der Waals surface area contributed by atoms with Crippen molar-refractivity contribution in [3.63, 3.8) is 0 Å². The van der Waals surface area contributed by atoms with Gasteiger partial charge in [-0.15, -0.1) is 0 Å². The highest BCUT2D eigenvalue weighted by Crippen LogP contribution is 2.22. The molecule has 3 rings (SSSR count). The molecule has 0 saturated carbocycles. The summed E-state index contributed by atoms with van der Waals surface area (Å²) in [6.07, 6.45) is -0.132. The van der Waals surface area contributed by atoms with Crippen molar-refractivity contribution in [2.75, 3.05) is 39.6 Å². The van der Waals surface area contributed by atoms with Crippen LogP contribution < -0.4 is 5.32 Å². The Morgan fingerprint density at radius 1 is 0.492 bits per heavy atom. The van der Waals surface area contributed by atoms with Crippen molar-refractivity contribution in [1.82, 2.24) is 5.32 Å². The van der Waals surface area contributed by atoms with Crippen LogP contribution in [0.3, 0.4) is 0 Å². The lowest BCUT2D eigenvalue weighted by atomic mass is 10.00. The number of carbonyl (C=O) groups excluding carboxylic acids is 5. The fourth-order valence-corrected chi connectivity index (χ4v) is 5.41. The molecule has 0 spiro atoms. The summed E-state index contributed by atoms with van der Waals surface area (Å²) in [7, 11) is 0. The molecule has 3 aromatic carbocycles. The molecule has 13 heteroatoms. The van der Waals surface area contributed by atoms with E-state index in [1.807, 2.05) is 30.3 Å². The van der Waals surface area contributed by atoms with Crippen LogP contribution in [0.1, 0.15) is 108 Å². The summed E-state index contributed by atoms with van der Waals surface area (Å²) < 4.78 is 39.5. The van der Waals surface area contributed by atoms with E-state index in [9.17, 15) is 24.0 Å². The van der Waals surface area contributed by atoms with Gasteiger partial charge < -0.3 is 38.5 Å². The van der Waals surface area contributed by atoms with Crippen molar-refractivity contribution in [1.29, 1.82) is 0 Å². The number of carbonyl (C=O) groups is 5. The first kappa shape index (κ1) is 48.3. The smallest absolute Gasteiger partial charge is 0.338 e. The van der Waals surface area contributed by atoms with Crippen molar-refractivity contribution in [3.8, 4) is 11.1 Å². The van der Waals surface area contributed by atoms with E-state index in [2.05, 4.69) is 5.32 Å². The maximum absolute atomic E-state index is 13.9. The van der Waals surface area contributed by atoms with Crippen LogP contribution in [0.2, 0.25) is 0 Å². The van der Waals surface area contributed by atoms with Crippen molar-refractivity contribution >= 4 is 29.8 Å². The zero-order chi connectivity index (χ0) is 43.7. The van der Waals surface area contributed by atoms with Gasteiger partial charge in [-0.3, -0.25) is 19.2 Å². The molecule has 0 atom stereocenters. The quantitative estimate of drug-likeness (QED) is 0.0644. The van der Waals surface area contributed by atoms with Crippen molar-refractivity contribution in [2.24, 2.45) is 0 Å². The second-order valence-electron chi connectivity index (χ2n) is 17.1. The maximum Gasteiger partial charge on any atom is 0.338 e. The maximum atomic E-state index is 13.9. The number of amides is 1. The Bertz CT molecular complexity index is 1710. The summed E-state index contributed by atoms with van der Waals surface area (Å²) in [4.78, 5) is 63.8. The molecule has 0 unspecified atom stereocenters. The molecule has 1 N–H and O–H groups in total. The lowest BCUT2D eigenvalue weighted by Crippen LogP contribution is -2.58. The van der Waals surface area contributed by atoms with Gasteiger partial charge in [0, 0.05) is 5.56 Å². The number of rotatable bonds is 21. The van der Waals surface area contributed by atoms with Gasteiger partial charge in [-0.1, -0.05) is 54.6 Å². The first-order chi connectivity index (χ1) is 27.6. The van der Waals surface area contributed by atoms with Gasteiger partial charge in [0.2, 0.25) is 0 Å². The Morgan fingerprint density at radius 2 is 0.864 bits per heavy atom. The van der Waals surface area contributed by atoms with Crippen LogP contribution in [-0.4, -0.2) is 91.8 Å². The monoisotopic (exact) mass is 819 g/mol. The van der Waals surface area contributed by atoms with Crippen LogP contribution in [0.15, 0.2) is 78.9 Å². The molecular formula is C46H61NO12. The molecule has 0 radical (unpaired) electrons. The van der Waals surface area contributed by atoms with E-state index in [1.54, 1.807) is 111 Å². The summed E-state index contributed by atoms with van der Waals surface area (Å²) in [5, 5.41) is 3.01. The number of hydrogen-bond acceptors (Lipinski definition) is 12. The van der Waals surface area contributed by atoms with Gasteiger partial charge in [0.15, 0.2) is 0 Å². The van der Waals surface area contributed by atoms with Gasteiger partial charge in [0.25, 0.3) is 5.91 Å². The van der Waals surface area contributed by atoms with Gasteiger partial charge in [-0.05, 0) is 103 Å². The third-order valence-corrected chi connectivity index (χ3v) is 7.94.